The van der Waals surface area contributed by atoms with Gasteiger partial charge < -0.3 is 15.6 Å². The van der Waals surface area contributed by atoms with Gasteiger partial charge in [0.2, 0.25) is 11.8 Å². The van der Waals surface area contributed by atoms with Crippen LogP contribution in [0.1, 0.15) is 51.7 Å². The van der Waals surface area contributed by atoms with Crippen LogP contribution in [0.15, 0.2) is 4.52 Å². The molecular formula is C12H23ClN4O2. The molecule has 6 nitrogen and oxygen atoms in total. The number of hydrogen-bond donors (Lipinski definition) is 2. The predicted octanol–water partition coefficient (Wildman–Crippen LogP) is 1.40. The smallest absolute Gasteiger partial charge is 0.227 e. The zero-order valence-corrected chi connectivity index (χ0v) is 12.7. The molecule has 1 aromatic heterocycles. The SMILES string of the molecule is CC(C)c1noc(CCC(=O)NC(C)(C)CN)n1.Cl. The highest BCUT2D eigenvalue weighted by molar-refractivity contribution is 5.85. The van der Waals surface area contributed by atoms with Crippen molar-refractivity contribution in [2.45, 2.75) is 52.0 Å². The summed E-state index contributed by atoms with van der Waals surface area (Å²) in [5, 5.41) is 6.70. The number of nitrogens with zero attached hydrogens (tertiary/aromatic N) is 2. The number of carbonyl (C=O) groups is 1. The topological polar surface area (TPSA) is 94.0 Å². The van der Waals surface area contributed by atoms with Gasteiger partial charge in [0.1, 0.15) is 0 Å². The van der Waals surface area contributed by atoms with Crippen molar-refractivity contribution >= 4 is 18.3 Å². The highest BCUT2D eigenvalue weighted by Gasteiger charge is 2.18. The van der Waals surface area contributed by atoms with Gasteiger partial charge in [0, 0.05) is 30.8 Å². The van der Waals surface area contributed by atoms with E-state index in [1.807, 2.05) is 27.7 Å². The van der Waals surface area contributed by atoms with Crippen molar-refractivity contribution in [3.63, 3.8) is 0 Å². The normalized spacial score (nSPS) is 11.3. The first kappa shape index (κ1) is 17.9. The lowest BCUT2D eigenvalue weighted by Gasteiger charge is -2.23. The van der Waals surface area contributed by atoms with Crippen molar-refractivity contribution in [1.29, 1.82) is 0 Å². The van der Waals surface area contributed by atoms with Crippen molar-refractivity contribution in [2.24, 2.45) is 5.73 Å². The zero-order chi connectivity index (χ0) is 13.8. The molecule has 0 aliphatic carbocycles. The van der Waals surface area contributed by atoms with Crippen LogP contribution in [0.25, 0.3) is 0 Å². The third-order valence-electron chi connectivity index (χ3n) is 2.55. The van der Waals surface area contributed by atoms with Crippen molar-refractivity contribution < 1.29 is 9.32 Å². The fourth-order valence-corrected chi connectivity index (χ4v) is 1.32. The van der Waals surface area contributed by atoms with Gasteiger partial charge in [-0.05, 0) is 13.8 Å². The molecule has 19 heavy (non-hydrogen) atoms. The molecule has 0 aliphatic rings. The second-order valence-electron chi connectivity index (χ2n) is 5.34. The monoisotopic (exact) mass is 290 g/mol. The predicted molar refractivity (Wildman–Crippen MR) is 75.2 cm³/mol. The number of hydrogen-bond acceptors (Lipinski definition) is 5. The Morgan fingerprint density at radius 3 is 2.58 bits per heavy atom. The summed E-state index contributed by atoms with van der Waals surface area (Å²) in [5.41, 5.74) is 5.16. The Morgan fingerprint density at radius 2 is 2.11 bits per heavy atom. The van der Waals surface area contributed by atoms with Gasteiger partial charge in [-0.2, -0.15) is 4.98 Å². The molecule has 0 aliphatic heterocycles. The summed E-state index contributed by atoms with van der Waals surface area (Å²) in [7, 11) is 0. The van der Waals surface area contributed by atoms with Gasteiger partial charge in [-0.1, -0.05) is 19.0 Å². The van der Waals surface area contributed by atoms with E-state index < -0.39 is 0 Å². The molecule has 0 aromatic carbocycles. The Kier molecular flexibility index (Phi) is 7.00. The Bertz CT molecular complexity index is 404. The lowest BCUT2D eigenvalue weighted by atomic mass is 10.1. The molecule has 3 N–H and O–H groups in total. The molecule has 1 rings (SSSR count). The van der Waals surface area contributed by atoms with Gasteiger partial charge in [-0.15, -0.1) is 12.4 Å². The minimum atomic E-state index is -0.380. The molecule has 0 saturated carbocycles. The number of aryl methyl sites for hydroxylation is 1. The maximum Gasteiger partial charge on any atom is 0.227 e. The van der Waals surface area contributed by atoms with Gasteiger partial charge in [0.15, 0.2) is 5.82 Å². The number of rotatable bonds is 6. The van der Waals surface area contributed by atoms with Gasteiger partial charge >= 0.3 is 0 Å². The third-order valence-corrected chi connectivity index (χ3v) is 2.55. The second kappa shape index (κ2) is 7.45. The summed E-state index contributed by atoms with van der Waals surface area (Å²) < 4.78 is 5.07. The van der Waals surface area contributed by atoms with Gasteiger partial charge in [-0.3, -0.25) is 4.79 Å². The standard InChI is InChI=1S/C12H22N4O2.ClH/c1-8(2)11-14-10(18-16-11)6-5-9(17)15-12(3,4)7-13;/h8H,5-7,13H2,1-4H3,(H,15,17);1H. The van der Waals surface area contributed by atoms with Crippen LogP contribution in [-0.4, -0.2) is 28.1 Å². The summed E-state index contributed by atoms with van der Waals surface area (Å²) >= 11 is 0. The molecule has 0 radical (unpaired) electrons. The van der Waals surface area contributed by atoms with E-state index in [2.05, 4.69) is 15.5 Å². The highest BCUT2D eigenvalue weighted by atomic mass is 35.5. The van der Waals surface area contributed by atoms with Crippen LogP contribution in [-0.2, 0) is 11.2 Å². The highest BCUT2D eigenvalue weighted by Crippen LogP contribution is 2.10. The van der Waals surface area contributed by atoms with E-state index in [4.69, 9.17) is 10.3 Å². The van der Waals surface area contributed by atoms with Gasteiger partial charge in [0.25, 0.3) is 0 Å². The number of nitrogens with one attached hydrogen (secondary N) is 1. The van der Waals surface area contributed by atoms with Gasteiger partial charge in [0.05, 0.1) is 0 Å². The number of amides is 1. The molecule has 0 saturated heterocycles. The summed E-state index contributed by atoms with van der Waals surface area (Å²) in [6.07, 6.45) is 0.773. The lowest BCUT2D eigenvalue weighted by molar-refractivity contribution is -0.122. The molecule has 0 bridgehead atoms. The van der Waals surface area contributed by atoms with E-state index in [0.717, 1.165) is 0 Å². The second-order valence-corrected chi connectivity index (χ2v) is 5.34. The van der Waals surface area contributed by atoms with Crippen LogP contribution < -0.4 is 11.1 Å². The molecule has 0 fully saturated rings. The Labute approximate surface area is 119 Å². The van der Waals surface area contributed by atoms with E-state index in [9.17, 15) is 4.79 Å². The number of aromatic nitrogens is 2. The van der Waals surface area contributed by atoms with E-state index in [1.54, 1.807) is 0 Å². The van der Waals surface area contributed by atoms with Crippen LogP contribution >= 0.6 is 12.4 Å². The lowest BCUT2D eigenvalue weighted by Crippen LogP contribution is -2.48. The summed E-state index contributed by atoms with van der Waals surface area (Å²) in [6.45, 7) is 8.15. The average molecular weight is 291 g/mol. The summed E-state index contributed by atoms with van der Waals surface area (Å²) in [5.74, 6) is 1.34. The maximum absolute atomic E-state index is 11.7. The minimum Gasteiger partial charge on any atom is -0.350 e. The molecule has 1 aromatic rings. The Morgan fingerprint density at radius 1 is 1.47 bits per heavy atom. The molecule has 0 spiro atoms. The van der Waals surface area contributed by atoms with E-state index >= 15 is 0 Å². The van der Waals surface area contributed by atoms with E-state index in [0.29, 0.717) is 31.1 Å². The van der Waals surface area contributed by atoms with Crippen molar-refractivity contribution in [1.82, 2.24) is 15.5 Å². The van der Waals surface area contributed by atoms with Gasteiger partial charge in [-0.25, -0.2) is 0 Å². The Balaban J connectivity index is 0.00000324. The van der Waals surface area contributed by atoms with Crippen molar-refractivity contribution in [2.75, 3.05) is 6.54 Å². The molecule has 0 unspecified atom stereocenters. The quantitative estimate of drug-likeness (QED) is 0.826. The zero-order valence-electron chi connectivity index (χ0n) is 11.9. The first-order valence-electron chi connectivity index (χ1n) is 6.17. The van der Waals surface area contributed by atoms with Crippen LogP contribution in [0.2, 0.25) is 0 Å². The van der Waals surface area contributed by atoms with Crippen molar-refractivity contribution in [3.8, 4) is 0 Å². The van der Waals surface area contributed by atoms with Crippen LogP contribution in [0.4, 0.5) is 0 Å². The molecular weight excluding hydrogens is 268 g/mol. The average Bonchev–Trinajstić information content (AvgIpc) is 2.74. The first-order valence-corrected chi connectivity index (χ1v) is 6.17. The minimum absolute atomic E-state index is 0. The third kappa shape index (κ3) is 6.02. The number of halogens is 1. The fraction of sp³-hybridized carbons (Fsp3) is 0.750. The number of nitrogens with two attached hydrogens (primary N) is 1. The summed E-state index contributed by atoms with van der Waals surface area (Å²) in [6, 6.07) is 0. The van der Waals surface area contributed by atoms with Crippen LogP contribution in [0.3, 0.4) is 0 Å². The number of carbonyl (C=O) groups excluding carboxylic acids is 1. The van der Waals surface area contributed by atoms with Crippen LogP contribution in [0.5, 0.6) is 0 Å². The van der Waals surface area contributed by atoms with Crippen LogP contribution in [0, 0.1) is 0 Å². The van der Waals surface area contributed by atoms with E-state index in [1.165, 1.54) is 0 Å². The molecule has 7 heteroatoms. The summed E-state index contributed by atoms with van der Waals surface area (Å²) in [4.78, 5) is 15.9. The molecule has 110 valence electrons. The largest absolute Gasteiger partial charge is 0.350 e. The van der Waals surface area contributed by atoms with E-state index in [-0.39, 0.29) is 29.8 Å². The Hall–Kier alpha value is -1.14. The molecule has 0 atom stereocenters. The first-order chi connectivity index (χ1) is 8.34. The fourth-order valence-electron chi connectivity index (χ4n) is 1.32. The maximum atomic E-state index is 11.7. The molecule has 1 amide bonds. The molecule has 1 heterocycles. The van der Waals surface area contributed by atoms with Crippen molar-refractivity contribution in [3.05, 3.63) is 11.7 Å².